The molecule has 0 saturated carbocycles. The second-order valence-corrected chi connectivity index (χ2v) is 4.97. The lowest BCUT2D eigenvalue weighted by Gasteiger charge is -2.20. The SMILES string of the molecule is CC(CN(C)C(=O)Nc1cc(-n2cnnn2)ccc1F)C(=O)O. The van der Waals surface area contributed by atoms with Gasteiger partial charge in [0.05, 0.1) is 17.3 Å². The van der Waals surface area contributed by atoms with Crippen LogP contribution in [-0.2, 0) is 4.79 Å². The zero-order chi connectivity index (χ0) is 17.0. The van der Waals surface area contributed by atoms with Gasteiger partial charge >= 0.3 is 12.0 Å². The molecule has 0 aliphatic carbocycles. The highest BCUT2D eigenvalue weighted by atomic mass is 19.1. The summed E-state index contributed by atoms with van der Waals surface area (Å²) in [6, 6.07) is 3.38. The number of tetrazole rings is 1. The van der Waals surface area contributed by atoms with Gasteiger partial charge in [0.2, 0.25) is 0 Å². The molecule has 0 spiro atoms. The topological polar surface area (TPSA) is 113 Å². The number of aliphatic carboxylic acids is 1. The van der Waals surface area contributed by atoms with Gasteiger partial charge < -0.3 is 15.3 Å². The molecule has 0 fully saturated rings. The number of carbonyl (C=O) groups excluding carboxylic acids is 1. The average Bonchev–Trinajstić information content (AvgIpc) is 3.03. The van der Waals surface area contributed by atoms with Gasteiger partial charge in [-0.3, -0.25) is 4.79 Å². The fourth-order valence-corrected chi connectivity index (χ4v) is 1.81. The molecule has 0 saturated heterocycles. The van der Waals surface area contributed by atoms with E-state index in [9.17, 15) is 14.0 Å². The Labute approximate surface area is 130 Å². The minimum Gasteiger partial charge on any atom is -0.481 e. The highest BCUT2D eigenvalue weighted by Gasteiger charge is 2.18. The van der Waals surface area contributed by atoms with Gasteiger partial charge in [0.25, 0.3) is 0 Å². The lowest BCUT2D eigenvalue weighted by Crippen LogP contribution is -2.36. The second kappa shape index (κ2) is 6.81. The maximum atomic E-state index is 13.8. The number of hydrogen-bond acceptors (Lipinski definition) is 5. The second-order valence-electron chi connectivity index (χ2n) is 4.97. The number of halogens is 1. The Balaban J connectivity index is 2.11. The fourth-order valence-electron chi connectivity index (χ4n) is 1.81. The number of nitrogens with one attached hydrogen (secondary N) is 1. The van der Waals surface area contributed by atoms with Crippen LogP contribution in [0, 0.1) is 11.7 Å². The van der Waals surface area contributed by atoms with Crippen molar-refractivity contribution < 1.29 is 19.1 Å². The van der Waals surface area contributed by atoms with Crippen LogP contribution in [0.25, 0.3) is 5.69 Å². The van der Waals surface area contributed by atoms with Crippen LogP contribution in [0.4, 0.5) is 14.9 Å². The van der Waals surface area contributed by atoms with E-state index in [1.807, 2.05) is 0 Å². The zero-order valence-corrected chi connectivity index (χ0v) is 12.5. The van der Waals surface area contributed by atoms with E-state index in [2.05, 4.69) is 20.8 Å². The summed E-state index contributed by atoms with van der Waals surface area (Å²) < 4.78 is 15.1. The quantitative estimate of drug-likeness (QED) is 0.848. The smallest absolute Gasteiger partial charge is 0.321 e. The molecule has 0 radical (unpaired) electrons. The predicted octanol–water partition coefficient (Wildman–Crippen LogP) is 0.986. The Kier molecular flexibility index (Phi) is 4.84. The molecule has 2 aromatic rings. The van der Waals surface area contributed by atoms with E-state index in [0.717, 1.165) is 0 Å². The molecular weight excluding hydrogens is 307 g/mol. The highest BCUT2D eigenvalue weighted by Crippen LogP contribution is 2.18. The summed E-state index contributed by atoms with van der Waals surface area (Å²) in [5, 5.41) is 21.9. The maximum Gasteiger partial charge on any atom is 0.321 e. The number of nitrogens with zero attached hydrogens (tertiary/aromatic N) is 5. The van der Waals surface area contributed by atoms with Crippen LogP contribution in [0.2, 0.25) is 0 Å². The molecule has 1 heterocycles. The van der Waals surface area contributed by atoms with Crippen LogP contribution in [0.3, 0.4) is 0 Å². The number of carboxylic acid groups (broad SMARTS) is 1. The van der Waals surface area contributed by atoms with Gasteiger partial charge in [-0.05, 0) is 28.6 Å². The number of benzene rings is 1. The lowest BCUT2D eigenvalue weighted by molar-refractivity contribution is -0.141. The first-order valence-corrected chi connectivity index (χ1v) is 6.66. The molecule has 0 aliphatic rings. The first kappa shape index (κ1) is 16.3. The van der Waals surface area contributed by atoms with E-state index in [1.54, 1.807) is 0 Å². The number of carbonyl (C=O) groups is 2. The van der Waals surface area contributed by atoms with Crippen molar-refractivity contribution in [1.82, 2.24) is 25.1 Å². The molecule has 0 aliphatic heterocycles. The summed E-state index contributed by atoms with van der Waals surface area (Å²) in [7, 11) is 1.43. The molecule has 2 N–H and O–H groups in total. The van der Waals surface area contributed by atoms with Gasteiger partial charge in [0.1, 0.15) is 12.1 Å². The number of hydrogen-bond donors (Lipinski definition) is 2. The Morgan fingerprint density at radius 2 is 2.22 bits per heavy atom. The molecule has 1 aromatic carbocycles. The number of amides is 2. The summed E-state index contributed by atoms with van der Waals surface area (Å²) >= 11 is 0. The Hall–Kier alpha value is -3.04. The van der Waals surface area contributed by atoms with Crippen molar-refractivity contribution in [3.63, 3.8) is 0 Å². The Bertz CT molecular complexity index is 706. The number of carboxylic acids is 1. The van der Waals surface area contributed by atoms with E-state index < -0.39 is 23.7 Å². The number of urea groups is 1. The predicted molar refractivity (Wildman–Crippen MR) is 77.6 cm³/mol. The largest absolute Gasteiger partial charge is 0.481 e. The van der Waals surface area contributed by atoms with Gasteiger partial charge in [0, 0.05) is 13.6 Å². The number of rotatable bonds is 5. The standard InChI is InChI=1S/C13H15FN6O3/c1-8(12(21)22)6-19(2)13(23)16-11-5-9(3-4-10(11)14)20-7-15-17-18-20/h3-5,7-8H,6H2,1-2H3,(H,16,23)(H,21,22). The Morgan fingerprint density at radius 3 is 2.83 bits per heavy atom. The number of aromatic nitrogens is 4. The molecule has 0 bridgehead atoms. The van der Waals surface area contributed by atoms with Gasteiger partial charge in [-0.25, -0.2) is 13.9 Å². The van der Waals surface area contributed by atoms with Crippen molar-refractivity contribution in [2.45, 2.75) is 6.92 Å². The molecule has 1 atom stereocenters. The zero-order valence-electron chi connectivity index (χ0n) is 12.5. The Morgan fingerprint density at radius 1 is 1.48 bits per heavy atom. The van der Waals surface area contributed by atoms with Crippen LogP contribution in [0.15, 0.2) is 24.5 Å². The minimum absolute atomic E-state index is 0.00449. The van der Waals surface area contributed by atoms with Crippen molar-refractivity contribution in [2.24, 2.45) is 5.92 Å². The van der Waals surface area contributed by atoms with Gasteiger partial charge in [-0.1, -0.05) is 6.92 Å². The lowest BCUT2D eigenvalue weighted by atomic mass is 10.2. The van der Waals surface area contributed by atoms with Gasteiger partial charge in [0.15, 0.2) is 0 Å². The fraction of sp³-hybridized carbons (Fsp3) is 0.308. The first-order valence-electron chi connectivity index (χ1n) is 6.66. The van der Waals surface area contributed by atoms with Crippen LogP contribution >= 0.6 is 0 Å². The van der Waals surface area contributed by atoms with Crippen molar-refractivity contribution in [3.8, 4) is 5.69 Å². The summed E-state index contributed by atoms with van der Waals surface area (Å²) in [5.41, 5.74) is 0.408. The third kappa shape index (κ3) is 3.99. The molecule has 10 heteroatoms. The number of anilines is 1. The van der Waals surface area contributed by atoms with Crippen LogP contribution in [-0.4, -0.2) is 55.8 Å². The highest BCUT2D eigenvalue weighted by molar-refractivity contribution is 5.90. The molecule has 2 rings (SSSR count). The van der Waals surface area contributed by atoms with Crippen LogP contribution < -0.4 is 5.32 Å². The molecule has 122 valence electrons. The first-order chi connectivity index (χ1) is 10.9. The molecular formula is C13H15FN6O3. The summed E-state index contributed by atoms with van der Waals surface area (Å²) in [6.07, 6.45) is 1.33. The normalized spacial score (nSPS) is 11.8. The molecule has 1 unspecified atom stereocenters. The monoisotopic (exact) mass is 322 g/mol. The maximum absolute atomic E-state index is 13.8. The van der Waals surface area contributed by atoms with E-state index in [1.165, 1.54) is 48.1 Å². The van der Waals surface area contributed by atoms with Crippen molar-refractivity contribution in [1.29, 1.82) is 0 Å². The third-order valence-electron chi connectivity index (χ3n) is 3.12. The summed E-state index contributed by atoms with van der Waals surface area (Å²) in [4.78, 5) is 24.0. The van der Waals surface area contributed by atoms with E-state index in [-0.39, 0.29) is 12.2 Å². The third-order valence-corrected chi connectivity index (χ3v) is 3.12. The molecule has 9 nitrogen and oxygen atoms in total. The summed E-state index contributed by atoms with van der Waals surface area (Å²) in [6.45, 7) is 1.47. The van der Waals surface area contributed by atoms with Crippen molar-refractivity contribution in [2.75, 3.05) is 18.9 Å². The summed E-state index contributed by atoms with van der Waals surface area (Å²) in [5.74, 6) is -2.38. The van der Waals surface area contributed by atoms with Gasteiger partial charge in [-0.2, -0.15) is 0 Å². The van der Waals surface area contributed by atoms with Crippen molar-refractivity contribution >= 4 is 17.7 Å². The van der Waals surface area contributed by atoms with Gasteiger partial charge in [-0.15, -0.1) is 5.10 Å². The molecule has 1 aromatic heterocycles. The van der Waals surface area contributed by atoms with Crippen LogP contribution in [0.5, 0.6) is 0 Å². The molecule has 23 heavy (non-hydrogen) atoms. The van der Waals surface area contributed by atoms with Crippen molar-refractivity contribution in [3.05, 3.63) is 30.3 Å². The van der Waals surface area contributed by atoms with Crippen LogP contribution in [0.1, 0.15) is 6.92 Å². The van der Waals surface area contributed by atoms with E-state index in [4.69, 9.17) is 5.11 Å². The van der Waals surface area contributed by atoms with E-state index in [0.29, 0.717) is 5.69 Å². The molecule has 2 amide bonds. The average molecular weight is 322 g/mol. The minimum atomic E-state index is -1.02. The van der Waals surface area contributed by atoms with E-state index >= 15 is 0 Å².